The van der Waals surface area contributed by atoms with Crippen LogP contribution in [0.1, 0.15) is 332 Å². The Balaban J connectivity index is 1.36. The van der Waals surface area contributed by atoms with Crippen LogP contribution in [0.5, 0.6) is 0 Å². The summed E-state index contributed by atoms with van der Waals surface area (Å²) >= 11 is 7.03. The van der Waals surface area contributed by atoms with E-state index in [4.69, 9.17) is 11.5 Å². The summed E-state index contributed by atoms with van der Waals surface area (Å²) in [6.45, 7) is 18.8. The largest absolute Gasteiger partial charge is 0.321 e. The maximum Gasteiger partial charge on any atom is 0.261 e. The van der Waals surface area contributed by atoms with Gasteiger partial charge >= 0.3 is 0 Å². The lowest BCUT2D eigenvalue weighted by Gasteiger charge is -2.29. The van der Waals surface area contributed by atoms with Gasteiger partial charge in [0, 0.05) is 53.4 Å². The molecule has 6 nitrogen and oxygen atoms in total. The van der Waals surface area contributed by atoms with Gasteiger partial charge in [0.05, 0.1) is 32.3 Å². The minimum atomic E-state index is -0.551. The molecule has 10 heteroatoms. The molecule has 2 aliphatic rings. The van der Waals surface area contributed by atoms with Crippen LogP contribution in [0.3, 0.4) is 0 Å². The Kier molecular flexibility index (Phi) is 33.1. The third-order valence-corrected chi connectivity index (χ3v) is 24.0. The highest BCUT2D eigenvalue weighted by Crippen LogP contribution is 2.51. The number of nitrogens with two attached hydrogens (primary N) is 2. The molecule has 2 unspecified atom stereocenters. The summed E-state index contributed by atoms with van der Waals surface area (Å²) in [5, 5.41) is 0. The SMILES string of the molecule is CCCCCCCCCCCCC(CCCCCCCCCC)CN1C(=O)C2=C(c3ccc(C(C)(C)N)s3)N(CC(CCCCCCCCCC)CCCCCCCCCCCC)C(=O)C2=C1c1ccc(-c2ccc(-c3ccc(C(C)(C)N)s3)s2)s1. The average Bonchev–Trinajstić information content (AvgIpc) is 1.58. The van der Waals surface area contributed by atoms with Gasteiger partial charge < -0.3 is 21.3 Å². The predicted octanol–water partition coefficient (Wildman–Crippen LogP) is 24.4. The molecule has 0 saturated heterocycles. The number of hydrogen-bond acceptors (Lipinski definition) is 8. The minimum absolute atomic E-state index is 0.0193. The number of carbonyl (C=O) groups excluding carboxylic acids is 2. The molecule has 6 rings (SSSR count). The standard InChI is InChI=1S/C76H122N4O2S4/c1-9-13-17-21-25-29-31-35-39-43-46-59(45-41-37-33-27-23-19-15-11-3)57-79-71(65-52-51-62(84-65)61-49-50-63(83-61)64-53-55-67(85-64)75(5,6)77)69-70(74(79)82)72(66-54-56-68(86-66)76(7,8)78)80(73(69)81)58-60(47-42-38-34-28-24-20-16-12-4)48-44-40-36-32-30-26-22-18-14-10-2/h49-56,59-60H,9-48,57-58,77-78H2,1-8H3. The zero-order valence-electron chi connectivity index (χ0n) is 56.0. The Morgan fingerprint density at radius 3 is 0.837 bits per heavy atom. The number of fused-ring (bicyclic) bond motifs is 1. The van der Waals surface area contributed by atoms with Crippen LogP contribution in [-0.2, 0) is 20.7 Å². The Bertz CT molecular complexity index is 2600. The van der Waals surface area contributed by atoms with Gasteiger partial charge in [0.2, 0.25) is 0 Å². The average molecular weight is 1250 g/mol. The summed E-state index contributed by atoms with van der Waals surface area (Å²) in [7, 11) is 0. The second-order valence-electron chi connectivity index (χ2n) is 27.6. The first kappa shape index (κ1) is 72.2. The summed E-state index contributed by atoms with van der Waals surface area (Å²) in [4.78, 5) is 45.7. The third kappa shape index (κ3) is 23.4. The molecule has 4 N–H and O–H groups in total. The van der Waals surface area contributed by atoms with Crippen LogP contribution in [0.4, 0.5) is 0 Å². The summed E-state index contributed by atoms with van der Waals surface area (Å²) in [6, 6.07) is 17.7. The lowest BCUT2D eigenvalue weighted by molar-refractivity contribution is -0.124. The number of amides is 2. The van der Waals surface area contributed by atoms with Gasteiger partial charge in [-0.15, -0.1) is 45.3 Å². The Morgan fingerprint density at radius 2 is 0.547 bits per heavy atom. The molecule has 0 fully saturated rings. The smallest absolute Gasteiger partial charge is 0.261 e. The summed E-state index contributed by atoms with van der Waals surface area (Å²) in [5.74, 6) is 0.753. The fourth-order valence-corrected chi connectivity index (χ4v) is 17.6. The molecule has 2 amide bonds. The second-order valence-corrected chi connectivity index (χ2v) is 31.9. The lowest BCUT2D eigenvalue weighted by Crippen LogP contribution is -2.34. The van der Waals surface area contributed by atoms with Crippen molar-refractivity contribution >= 4 is 68.6 Å². The number of nitrogens with zero attached hydrogens (tertiary/aromatic N) is 2. The van der Waals surface area contributed by atoms with E-state index in [0.717, 1.165) is 51.7 Å². The molecule has 4 aromatic rings. The Morgan fingerprint density at radius 1 is 0.326 bits per heavy atom. The topological polar surface area (TPSA) is 92.7 Å². The van der Waals surface area contributed by atoms with Crippen LogP contribution in [-0.4, -0.2) is 34.7 Å². The molecule has 4 aromatic heterocycles. The van der Waals surface area contributed by atoms with E-state index in [1.807, 2.05) is 11.3 Å². The molecule has 0 saturated carbocycles. The van der Waals surface area contributed by atoms with Crippen LogP contribution in [0.15, 0.2) is 59.7 Å². The van der Waals surface area contributed by atoms with Gasteiger partial charge in [-0.05, 0) is 114 Å². The molecule has 0 spiro atoms. The van der Waals surface area contributed by atoms with Crippen LogP contribution in [0.2, 0.25) is 0 Å². The zero-order chi connectivity index (χ0) is 61.6. The summed E-state index contributed by atoms with van der Waals surface area (Å²) in [5.41, 5.74) is 15.4. The maximum absolute atomic E-state index is 16.2. The molecular weight excluding hydrogens is 1130 g/mol. The zero-order valence-corrected chi connectivity index (χ0v) is 59.2. The van der Waals surface area contributed by atoms with E-state index in [-0.39, 0.29) is 17.4 Å². The van der Waals surface area contributed by atoms with Crippen molar-refractivity contribution in [3.05, 3.63) is 79.2 Å². The van der Waals surface area contributed by atoms with Gasteiger partial charge in [0.1, 0.15) is 0 Å². The van der Waals surface area contributed by atoms with E-state index >= 15 is 9.59 Å². The van der Waals surface area contributed by atoms with Crippen molar-refractivity contribution in [1.82, 2.24) is 9.80 Å². The highest BCUT2D eigenvalue weighted by Gasteiger charge is 2.50. The quantitative estimate of drug-likeness (QED) is 0.0431. The molecule has 0 bridgehead atoms. The van der Waals surface area contributed by atoms with E-state index in [2.05, 4.69) is 114 Å². The fraction of sp³-hybridized carbons (Fsp3) is 0.711. The molecule has 2 atom stereocenters. The first-order chi connectivity index (χ1) is 41.7. The number of hydrogen-bond donors (Lipinski definition) is 2. The molecule has 482 valence electrons. The monoisotopic (exact) mass is 1250 g/mol. The van der Waals surface area contributed by atoms with E-state index in [1.165, 1.54) is 256 Å². The lowest BCUT2D eigenvalue weighted by atomic mass is 9.93. The van der Waals surface area contributed by atoms with Gasteiger partial charge in [-0.25, -0.2) is 0 Å². The van der Waals surface area contributed by atoms with Crippen molar-refractivity contribution in [2.24, 2.45) is 23.3 Å². The van der Waals surface area contributed by atoms with Gasteiger partial charge in [0.15, 0.2) is 0 Å². The first-order valence-electron chi connectivity index (χ1n) is 35.8. The molecule has 6 heterocycles. The molecular formula is C76H122N4O2S4. The molecule has 0 radical (unpaired) electrons. The van der Waals surface area contributed by atoms with E-state index in [9.17, 15) is 0 Å². The number of unbranched alkanes of at least 4 members (excludes halogenated alkanes) is 32. The third-order valence-electron chi connectivity index (χ3n) is 18.6. The minimum Gasteiger partial charge on any atom is -0.321 e. The molecule has 86 heavy (non-hydrogen) atoms. The van der Waals surface area contributed by atoms with Crippen molar-refractivity contribution in [3.8, 4) is 19.5 Å². The fourth-order valence-electron chi connectivity index (χ4n) is 13.2. The number of rotatable bonds is 50. The molecule has 0 aromatic carbocycles. The summed E-state index contributed by atoms with van der Waals surface area (Å²) < 4.78 is 0. The first-order valence-corrected chi connectivity index (χ1v) is 39.1. The van der Waals surface area contributed by atoms with Crippen molar-refractivity contribution < 1.29 is 9.59 Å². The highest BCUT2D eigenvalue weighted by atomic mass is 32.1. The van der Waals surface area contributed by atoms with Crippen LogP contribution >= 0.6 is 45.3 Å². The van der Waals surface area contributed by atoms with Gasteiger partial charge in [-0.2, -0.15) is 0 Å². The van der Waals surface area contributed by atoms with Crippen LogP contribution in [0, 0.1) is 11.8 Å². The molecule has 0 aliphatic carbocycles. The highest BCUT2D eigenvalue weighted by molar-refractivity contribution is 7.26. The Labute approximate surface area is 542 Å². The van der Waals surface area contributed by atoms with Crippen LogP contribution < -0.4 is 11.5 Å². The number of thiophene rings is 4. The van der Waals surface area contributed by atoms with Gasteiger partial charge in [0.25, 0.3) is 11.8 Å². The second kappa shape index (κ2) is 39.4. The number of carbonyl (C=O) groups is 2. The van der Waals surface area contributed by atoms with Crippen molar-refractivity contribution in [1.29, 1.82) is 0 Å². The van der Waals surface area contributed by atoms with Gasteiger partial charge in [-0.3, -0.25) is 9.59 Å². The maximum atomic E-state index is 16.2. The molecule has 2 aliphatic heterocycles. The van der Waals surface area contributed by atoms with Crippen LogP contribution in [0.25, 0.3) is 30.9 Å². The van der Waals surface area contributed by atoms with E-state index < -0.39 is 5.54 Å². The predicted molar refractivity (Wildman–Crippen MR) is 381 cm³/mol. The van der Waals surface area contributed by atoms with E-state index in [0.29, 0.717) is 36.1 Å². The normalized spacial score (nSPS) is 14.8. The van der Waals surface area contributed by atoms with Crippen molar-refractivity contribution in [2.75, 3.05) is 13.1 Å². The summed E-state index contributed by atoms with van der Waals surface area (Å²) in [6.07, 6.45) is 51.5. The van der Waals surface area contributed by atoms with Crippen molar-refractivity contribution in [3.63, 3.8) is 0 Å². The Hall–Kier alpha value is -2.86. The van der Waals surface area contributed by atoms with Gasteiger partial charge in [-0.1, -0.05) is 259 Å². The van der Waals surface area contributed by atoms with E-state index in [1.54, 1.807) is 34.0 Å². The van der Waals surface area contributed by atoms with Crippen molar-refractivity contribution in [2.45, 2.75) is 323 Å².